The van der Waals surface area contributed by atoms with E-state index in [4.69, 9.17) is 4.74 Å². The van der Waals surface area contributed by atoms with Crippen LogP contribution in [-0.2, 0) is 4.79 Å². The van der Waals surface area contributed by atoms with Crippen molar-refractivity contribution in [2.75, 3.05) is 51.2 Å². The van der Waals surface area contributed by atoms with Crippen LogP contribution in [0.2, 0.25) is 0 Å². The van der Waals surface area contributed by atoms with Gasteiger partial charge < -0.3 is 19.9 Å². The maximum absolute atomic E-state index is 12.9. The van der Waals surface area contributed by atoms with Crippen LogP contribution in [0.4, 0.5) is 10.1 Å². The van der Waals surface area contributed by atoms with E-state index in [1.54, 1.807) is 12.1 Å². The lowest BCUT2D eigenvalue weighted by Gasteiger charge is -2.29. The summed E-state index contributed by atoms with van der Waals surface area (Å²) in [6.07, 6.45) is 0. The van der Waals surface area contributed by atoms with E-state index in [0.717, 1.165) is 44.0 Å². The quantitative estimate of drug-likeness (QED) is 0.637. The molecule has 0 aromatic heterocycles. The monoisotopic (exact) mass is 373 g/mol. The van der Waals surface area contributed by atoms with Crippen molar-refractivity contribution in [3.63, 3.8) is 0 Å². The van der Waals surface area contributed by atoms with Gasteiger partial charge >= 0.3 is 0 Å². The van der Waals surface area contributed by atoms with Gasteiger partial charge in [0.25, 0.3) is 5.91 Å². The van der Waals surface area contributed by atoms with Gasteiger partial charge in [0.1, 0.15) is 50.9 Å². The summed E-state index contributed by atoms with van der Waals surface area (Å²) in [5, 5.41) is 2.83. The summed E-state index contributed by atoms with van der Waals surface area (Å²) in [6, 6.07) is 13.9. The Balaban J connectivity index is 1.34. The first-order valence-corrected chi connectivity index (χ1v) is 9.51. The zero-order valence-corrected chi connectivity index (χ0v) is 15.8. The van der Waals surface area contributed by atoms with Gasteiger partial charge in [-0.3, -0.25) is 4.79 Å². The molecule has 0 spiro atoms. The van der Waals surface area contributed by atoms with Crippen LogP contribution >= 0.6 is 0 Å². The molecule has 0 radical (unpaired) electrons. The fourth-order valence-corrected chi connectivity index (χ4v) is 3.37. The molecule has 0 aliphatic carbocycles. The number of rotatable bonds is 7. The van der Waals surface area contributed by atoms with Crippen LogP contribution in [0.3, 0.4) is 0 Å². The Morgan fingerprint density at radius 2 is 1.70 bits per heavy atom. The highest BCUT2D eigenvalue weighted by molar-refractivity contribution is 5.91. The van der Waals surface area contributed by atoms with E-state index in [2.05, 4.69) is 18.3 Å². The number of carbonyl (C=O) groups is 1. The summed E-state index contributed by atoms with van der Waals surface area (Å²) >= 11 is 0. The number of ether oxygens (including phenoxy) is 1. The first-order valence-electron chi connectivity index (χ1n) is 9.51. The average molecular weight is 373 g/mol. The van der Waals surface area contributed by atoms with Crippen LogP contribution in [0.15, 0.2) is 48.5 Å². The predicted molar refractivity (Wildman–Crippen MR) is 103 cm³/mol. The molecule has 1 amide bonds. The molecule has 0 saturated carbocycles. The Hall–Kier alpha value is -2.44. The number of quaternary nitrogens is 2. The molecule has 5 nitrogen and oxygen atoms in total. The number of hydrogen-bond acceptors (Lipinski definition) is 2. The molecule has 1 aliphatic heterocycles. The SMILES string of the molecule is Cc1ccccc1OCC[NH+]1CC[NH+](CC(=O)Nc2ccc(F)cc2)CC1. The minimum absolute atomic E-state index is 0.0251. The molecule has 1 saturated heterocycles. The first kappa shape index (κ1) is 19.3. The summed E-state index contributed by atoms with van der Waals surface area (Å²) in [6.45, 7) is 8.20. The Labute approximate surface area is 159 Å². The number of piperazine rings is 1. The Morgan fingerprint density at radius 3 is 2.41 bits per heavy atom. The van der Waals surface area contributed by atoms with Gasteiger partial charge in [0.2, 0.25) is 0 Å². The Kier molecular flexibility index (Phi) is 6.79. The molecule has 0 unspecified atom stereocenters. The maximum atomic E-state index is 12.9. The zero-order chi connectivity index (χ0) is 19.1. The van der Waals surface area contributed by atoms with Crippen molar-refractivity contribution in [3.8, 4) is 5.75 Å². The molecule has 3 rings (SSSR count). The van der Waals surface area contributed by atoms with Crippen molar-refractivity contribution < 1.29 is 23.7 Å². The third-order valence-electron chi connectivity index (χ3n) is 5.01. The standard InChI is InChI=1S/C21H26FN3O2/c1-17-4-2-3-5-20(17)27-15-14-24-10-12-25(13-11-24)16-21(26)23-19-8-6-18(22)7-9-19/h2-9H,10-16H2,1H3,(H,23,26)/p+2. The van der Waals surface area contributed by atoms with Gasteiger partial charge in [0, 0.05) is 5.69 Å². The third-order valence-corrected chi connectivity index (χ3v) is 5.01. The molecular weight excluding hydrogens is 345 g/mol. The van der Waals surface area contributed by atoms with Crippen LogP contribution in [0.1, 0.15) is 5.56 Å². The number of aryl methyl sites for hydroxylation is 1. The normalized spacial score (nSPS) is 19.5. The highest BCUT2D eigenvalue weighted by atomic mass is 19.1. The van der Waals surface area contributed by atoms with E-state index >= 15 is 0 Å². The molecule has 27 heavy (non-hydrogen) atoms. The summed E-state index contributed by atoms with van der Waals surface area (Å²) in [4.78, 5) is 15.0. The molecule has 0 bridgehead atoms. The van der Waals surface area contributed by atoms with E-state index in [-0.39, 0.29) is 11.7 Å². The van der Waals surface area contributed by atoms with Gasteiger partial charge in [-0.1, -0.05) is 18.2 Å². The van der Waals surface area contributed by atoms with Gasteiger partial charge in [0.05, 0.1) is 0 Å². The number of hydrogen-bond donors (Lipinski definition) is 3. The second-order valence-electron chi connectivity index (χ2n) is 7.10. The van der Waals surface area contributed by atoms with Crippen molar-refractivity contribution in [1.82, 2.24) is 0 Å². The van der Waals surface area contributed by atoms with Crippen molar-refractivity contribution in [1.29, 1.82) is 0 Å². The molecule has 2 aromatic rings. The summed E-state index contributed by atoms with van der Waals surface area (Å²) in [5.41, 5.74) is 1.80. The third kappa shape index (κ3) is 6.05. The van der Waals surface area contributed by atoms with Crippen LogP contribution in [0.25, 0.3) is 0 Å². The number of carbonyl (C=O) groups excluding carboxylic acids is 1. The topological polar surface area (TPSA) is 47.2 Å². The number of anilines is 1. The highest BCUT2D eigenvalue weighted by Crippen LogP contribution is 2.15. The van der Waals surface area contributed by atoms with E-state index in [1.165, 1.54) is 21.9 Å². The number of halogens is 1. The lowest BCUT2D eigenvalue weighted by atomic mass is 10.2. The minimum atomic E-state index is -0.302. The molecule has 1 fully saturated rings. The van der Waals surface area contributed by atoms with Crippen LogP contribution in [0.5, 0.6) is 5.75 Å². The zero-order valence-electron chi connectivity index (χ0n) is 15.8. The summed E-state index contributed by atoms with van der Waals surface area (Å²) in [5.74, 6) is 0.630. The molecule has 1 aliphatic rings. The van der Waals surface area contributed by atoms with E-state index in [0.29, 0.717) is 18.8 Å². The van der Waals surface area contributed by atoms with Crippen LogP contribution < -0.4 is 19.9 Å². The summed E-state index contributed by atoms with van der Waals surface area (Å²) < 4.78 is 18.8. The fourth-order valence-electron chi connectivity index (χ4n) is 3.37. The van der Waals surface area contributed by atoms with Crippen molar-refractivity contribution in [2.45, 2.75) is 6.92 Å². The highest BCUT2D eigenvalue weighted by Gasteiger charge is 2.24. The molecule has 6 heteroatoms. The molecule has 3 N–H and O–H groups in total. The number of amides is 1. The van der Waals surface area contributed by atoms with Crippen molar-refractivity contribution in [3.05, 3.63) is 59.9 Å². The van der Waals surface area contributed by atoms with Gasteiger partial charge in [-0.05, 0) is 42.8 Å². The molecule has 2 aromatic carbocycles. The Morgan fingerprint density at radius 1 is 1.04 bits per heavy atom. The second kappa shape index (κ2) is 9.48. The average Bonchev–Trinajstić information content (AvgIpc) is 2.66. The molecule has 144 valence electrons. The lowest BCUT2D eigenvalue weighted by Crippen LogP contribution is -3.28. The summed E-state index contributed by atoms with van der Waals surface area (Å²) in [7, 11) is 0. The van der Waals surface area contributed by atoms with Gasteiger partial charge in [-0.2, -0.15) is 0 Å². The van der Waals surface area contributed by atoms with E-state index in [1.807, 2.05) is 18.2 Å². The van der Waals surface area contributed by atoms with E-state index in [9.17, 15) is 9.18 Å². The smallest absolute Gasteiger partial charge is 0.279 e. The fraction of sp³-hybridized carbons (Fsp3) is 0.381. The first-order chi connectivity index (χ1) is 13.1. The van der Waals surface area contributed by atoms with Crippen LogP contribution in [-0.4, -0.2) is 51.8 Å². The number of para-hydroxylation sites is 1. The van der Waals surface area contributed by atoms with Gasteiger partial charge in [-0.15, -0.1) is 0 Å². The maximum Gasteiger partial charge on any atom is 0.279 e. The number of nitrogens with one attached hydrogen (secondary N) is 3. The minimum Gasteiger partial charge on any atom is -0.487 e. The molecule has 0 atom stereocenters. The number of benzene rings is 2. The van der Waals surface area contributed by atoms with Crippen LogP contribution in [0, 0.1) is 12.7 Å². The predicted octanol–water partition coefficient (Wildman–Crippen LogP) is -0.0650. The second-order valence-corrected chi connectivity index (χ2v) is 7.10. The van der Waals surface area contributed by atoms with Gasteiger partial charge in [0.15, 0.2) is 6.54 Å². The van der Waals surface area contributed by atoms with Gasteiger partial charge in [-0.25, -0.2) is 4.39 Å². The van der Waals surface area contributed by atoms with Crippen molar-refractivity contribution in [2.24, 2.45) is 0 Å². The lowest BCUT2D eigenvalue weighted by molar-refractivity contribution is -1.01. The van der Waals surface area contributed by atoms with Crippen molar-refractivity contribution >= 4 is 11.6 Å². The molecular formula is C21H28FN3O2+2. The largest absolute Gasteiger partial charge is 0.487 e. The van der Waals surface area contributed by atoms with E-state index < -0.39 is 0 Å². The molecule has 1 heterocycles. The Bertz CT molecular complexity index is 743.